The van der Waals surface area contributed by atoms with E-state index in [0.29, 0.717) is 23.7 Å². The van der Waals surface area contributed by atoms with Gasteiger partial charge in [0.1, 0.15) is 7.11 Å². The molecule has 1 saturated heterocycles. The second-order valence-electron chi connectivity index (χ2n) is 8.04. The Kier molecular flexibility index (Phi) is 7.25. The Balaban J connectivity index is 1.39. The molecule has 0 spiro atoms. The zero-order chi connectivity index (χ0) is 23.2. The van der Waals surface area contributed by atoms with Crippen LogP contribution in [0.15, 0.2) is 78.2 Å². The number of carbonyl (C=O) groups excluding carboxylic acids is 1. The average molecular weight is 463 g/mol. The normalized spacial score (nSPS) is 14.8. The van der Waals surface area contributed by atoms with E-state index in [2.05, 4.69) is 15.0 Å². The molecule has 0 unspecified atom stereocenters. The Morgan fingerprint density at radius 3 is 2.15 bits per heavy atom. The Morgan fingerprint density at radius 1 is 0.970 bits per heavy atom. The summed E-state index contributed by atoms with van der Waals surface area (Å²) in [6, 6.07) is 19.3. The van der Waals surface area contributed by atoms with Gasteiger partial charge in [0.05, 0.1) is 5.71 Å². The minimum Gasteiger partial charge on any atom is -0.399 e. The summed E-state index contributed by atoms with van der Waals surface area (Å²) in [6.07, 6.45) is 5.20. The van der Waals surface area contributed by atoms with Crippen molar-refractivity contribution in [3.8, 4) is 0 Å². The van der Waals surface area contributed by atoms with Gasteiger partial charge in [0.25, 0.3) is 5.91 Å². The number of benzene rings is 2. The van der Waals surface area contributed by atoms with Crippen LogP contribution in [0.5, 0.6) is 0 Å². The van der Waals surface area contributed by atoms with Gasteiger partial charge in [0.15, 0.2) is 0 Å². The molecule has 0 N–H and O–H groups in total. The zero-order valence-electron chi connectivity index (χ0n) is 18.8. The molecule has 0 bridgehead atoms. The molecule has 1 amide bonds. The first kappa shape index (κ1) is 22.8. The second kappa shape index (κ2) is 10.5. The van der Waals surface area contributed by atoms with Gasteiger partial charge in [-0.1, -0.05) is 28.9 Å². The van der Waals surface area contributed by atoms with Crippen LogP contribution in [0.3, 0.4) is 0 Å². The number of nitrogens with zero attached hydrogens (tertiary/aromatic N) is 4. The predicted molar refractivity (Wildman–Crippen MR) is 132 cm³/mol. The quantitative estimate of drug-likeness (QED) is 0.363. The van der Waals surface area contributed by atoms with Crippen molar-refractivity contribution in [1.82, 2.24) is 9.88 Å². The van der Waals surface area contributed by atoms with Crippen LogP contribution in [0.1, 0.15) is 28.8 Å². The molecule has 3 aromatic rings. The first-order chi connectivity index (χ1) is 16.1. The van der Waals surface area contributed by atoms with Gasteiger partial charge >= 0.3 is 0 Å². The van der Waals surface area contributed by atoms with E-state index in [4.69, 9.17) is 16.4 Å². The maximum Gasteiger partial charge on any atom is 0.253 e. The van der Waals surface area contributed by atoms with E-state index < -0.39 is 0 Å². The van der Waals surface area contributed by atoms with E-state index in [1.807, 2.05) is 72.6 Å². The predicted octanol–water partition coefficient (Wildman–Crippen LogP) is 5.41. The third kappa shape index (κ3) is 5.34. The first-order valence-corrected chi connectivity index (χ1v) is 11.3. The fraction of sp³-hybridized carbons (Fsp3) is 0.269. The number of aromatic nitrogens is 1. The molecule has 1 fully saturated rings. The molecule has 2 heterocycles. The molecule has 4 rings (SSSR count). The van der Waals surface area contributed by atoms with Gasteiger partial charge in [-0.3, -0.25) is 9.78 Å². The Bertz CT molecular complexity index is 1090. The van der Waals surface area contributed by atoms with Crippen molar-refractivity contribution in [3.05, 3.63) is 89.2 Å². The summed E-state index contributed by atoms with van der Waals surface area (Å²) in [5.74, 6) is 0.287. The average Bonchev–Trinajstić information content (AvgIpc) is 2.88. The molecule has 0 radical (unpaired) electrons. The molecule has 2 aromatic carbocycles. The van der Waals surface area contributed by atoms with Crippen molar-refractivity contribution in [2.75, 3.05) is 32.1 Å². The minimum atomic E-state index is 0.0586. The van der Waals surface area contributed by atoms with Gasteiger partial charge in [-0.25, -0.2) is 0 Å². The molecule has 0 atom stereocenters. The van der Waals surface area contributed by atoms with Crippen molar-refractivity contribution < 1.29 is 9.63 Å². The van der Waals surface area contributed by atoms with Crippen LogP contribution in [0.25, 0.3) is 0 Å². The first-order valence-electron chi connectivity index (χ1n) is 11.0. The van der Waals surface area contributed by atoms with Crippen molar-refractivity contribution in [1.29, 1.82) is 0 Å². The van der Waals surface area contributed by atoms with Gasteiger partial charge in [-0.05, 0) is 66.9 Å². The summed E-state index contributed by atoms with van der Waals surface area (Å²) in [7, 11) is 3.56. The highest BCUT2D eigenvalue weighted by Crippen LogP contribution is 2.26. The molecular weight excluding hydrogens is 436 g/mol. The molecule has 1 aromatic heterocycles. The van der Waals surface area contributed by atoms with Crippen molar-refractivity contribution in [2.24, 2.45) is 11.1 Å². The number of halogens is 1. The highest BCUT2D eigenvalue weighted by atomic mass is 35.5. The summed E-state index contributed by atoms with van der Waals surface area (Å²) in [4.78, 5) is 26.3. The SMILES string of the molecule is CON=C(c1ccc(Cl)cc1)C1CCN(C(=O)c2ccc(N(C)c3ccncc3)cc2)CC1. The summed E-state index contributed by atoms with van der Waals surface area (Å²) >= 11 is 6.03. The lowest BCUT2D eigenvalue weighted by Gasteiger charge is -2.32. The van der Waals surface area contributed by atoms with Crippen molar-refractivity contribution >= 4 is 34.6 Å². The van der Waals surface area contributed by atoms with Crippen LogP contribution < -0.4 is 4.90 Å². The van der Waals surface area contributed by atoms with E-state index in [1.54, 1.807) is 19.5 Å². The van der Waals surface area contributed by atoms with E-state index in [-0.39, 0.29) is 11.8 Å². The van der Waals surface area contributed by atoms with Crippen LogP contribution >= 0.6 is 11.6 Å². The number of pyridine rings is 1. The number of amides is 1. The van der Waals surface area contributed by atoms with Gasteiger partial charge in [-0.15, -0.1) is 0 Å². The van der Waals surface area contributed by atoms with Gasteiger partial charge in [-0.2, -0.15) is 0 Å². The van der Waals surface area contributed by atoms with Crippen LogP contribution in [0, 0.1) is 5.92 Å². The molecular formula is C26H27ClN4O2. The molecule has 33 heavy (non-hydrogen) atoms. The smallest absolute Gasteiger partial charge is 0.253 e. The van der Waals surface area contributed by atoms with E-state index in [0.717, 1.165) is 35.5 Å². The monoisotopic (exact) mass is 462 g/mol. The van der Waals surface area contributed by atoms with Crippen LogP contribution in [-0.4, -0.2) is 48.7 Å². The third-order valence-electron chi connectivity index (χ3n) is 6.05. The van der Waals surface area contributed by atoms with Crippen LogP contribution in [0.4, 0.5) is 11.4 Å². The van der Waals surface area contributed by atoms with Gasteiger partial charge in [0.2, 0.25) is 0 Å². The zero-order valence-corrected chi connectivity index (χ0v) is 19.6. The molecule has 7 heteroatoms. The summed E-state index contributed by atoms with van der Waals surface area (Å²) < 4.78 is 0. The number of hydrogen-bond donors (Lipinski definition) is 0. The van der Waals surface area contributed by atoms with E-state index in [1.165, 1.54) is 0 Å². The summed E-state index contributed by atoms with van der Waals surface area (Å²) in [6.45, 7) is 1.36. The lowest BCUT2D eigenvalue weighted by atomic mass is 9.88. The molecule has 170 valence electrons. The van der Waals surface area contributed by atoms with E-state index in [9.17, 15) is 4.79 Å². The number of carbonyl (C=O) groups is 1. The Morgan fingerprint density at radius 2 is 1.55 bits per heavy atom. The minimum absolute atomic E-state index is 0.0586. The highest BCUT2D eigenvalue weighted by Gasteiger charge is 2.28. The molecule has 6 nitrogen and oxygen atoms in total. The number of oxime groups is 1. The van der Waals surface area contributed by atoms with Crippen molar-refractivity contribution in [3.63, 3.8) is 0 Å². The number of hydrogen-bond acceptors (Lipinski definition) is 5. The molecule has 1 aliphatic heterocycles. The number of anilines is 2. The summed E-state index contributed by atoms with van der Waals surface area (Å²) in [5.41, 5.74) is 4.66. The Hall–Kier alpha value is -3.38. The molecule has 0 saturated carbocycles. The maximum absolute atomic E-state index is 13.1. The fourth-order valence-corrected chi connectivity index (χ4v) is 4.29. The van der Waals surface area contributed by atoms with Crippen molar-refractivity contribution in [2.45, 2.75) is 12.8 Å². The van der Waals surface area contributed by atoms with Gasteiger partial charge < -0.3 is 14.6 Å². The highest BCUT2D eigenvalue weighted by molar-refractivity contribution is 6.30. The number of likely N-dealkylation sites (tertiary alicyclic amines) is 1. The lowest BCUT2D eigenvalue weighted by Crippen LogP contribution is -2.40. The second-order valence-corrected chi connectivity index (χ2v) is 8.48. The third-order valence-corrected chi connectivity index (χ3v) is 6.30. The summed E-state index contributed by atoms with van der Waals surface area (Å²) in [5, 5.41) is 4.98. The largest absolute Gasteiger partial charge is 0.399 e. The molecule has 1 aliphatic rings. The van der Waals surface area contributed by atoms with E-state index >= 15 is 0 Å². The molecule has 0 aliphatic carbocycles. The van der Waals surface area contributed by atoms with Crippen LogP contribution in [-0.2, 0) is 4.84 Å². The maximum atomic E-state index is 13.1. The number of rotatable bonds is 6. The topological polar surface area (TPSA) is 58.0 Å². The lowest BCUT2D eigenvalue weighted by molar-refractivity contribution is 0.0709. The fourth-order valence-electron chi connectivity index (χ4n) is 4.16. The number of piperidine rings is 1. The van der Waals surface area contributed by atoms with Crippen LogP contribution in [0.2, 0.25) is 5.02 Å². The Labute approximate surface area is 199 Å². The van der Waals surface area contributed by atoms with Gasteiger partial charge in [0, 0.05) is 60.4 Å². The standard InChI is InChI=1S/C26H27ClN4O2/c1-30(24-11-15-28-16-12-24)23-9-5-21(6-10-23)26(32)31-17-13-20(14-18-31)25(29-33-2)19-3-7-22(27)8-4-19/h3-12,15-16,20H,13-14,17-18H2,1-2H3.